The predicted octanol–water partition coefficient (Wildman–Crippen LogP) is 9.21. The van der Waals surface area contributed by atoms with Gasteiger partial charge in [-0.15, -0.1) is 10.8 Å². The topological polar surface area (TPSA) is 9.23 Å². The van der Waals surface area contributed by atoms with Gasteiger partial charge in [0.1, 0.15) is 5.76 Å². The molecular formula is C27H52OY-2. The Morgan fingerprint density at radius 2 is 1.03 bits per heavy atom. The number of rotatable bonds is 1. The Morgan fingerprint density at radius 1 is 0.724 bits per heavy atom. The molecule has 0 bridgehead atoms. The molecule has 0 N–H and O–H groups in total. The molecule has 2 heteroatoms. The van der Waals surface area contributed by atoms with Gasteiger partial charge in [0.15, 0.2) is 0 Å². The zero-order valence-corrected chi connectivity index (χ0v) is 23.3. The summed E-state index contributed by atoms with van der Waals surface area (Å²) in [6, 6.07) is 0. The van der Waals surface area contributed by atoms with Gasteiger partial charge in [0.2, 0.25) is 0 Å². The van der Waals surface area contributed by atoms with E-state index < -0.39 is 0 Å². The van der Waals surface area contributed by atoms with E-state index in [1.807, 2.05) is 0 Å². The molecule has 0 aliphatic carbocycles. The van der Waals surface area contributed by atoms with Crippen molar-refractivity contribution < 1.29 is 37.4 Å². The first-order valence-electron chi connectivity index (χ1n) is 9.86. The molecule has 1 unspecified atom stereocenters. The van der Waals surface area contributed by atoms with Crippen LogP contribution in [0.5, 0.6) is 0 Å². The standard InChI is InChI=1S/C13H24O.C12H20.2CH4.Y/c1-9-8-10(12(2,3)4)11(14-9)13(5,6)7;1-9(11(3,4)5)10(2)12(6,7)8;;;/h9H,8H2,1-7H3;1-2H,3-8H3;2*1H4;/q;-2;;;. The molecule has 0 aromatic rings. The van der Waals surface area contributed by atoms with Crippen molar-refractivity contribution in [2.24, 2.45) is 21.7 Å². The van der Waals surface area contributed by atoms with E-state index in [-0.39, 0.29) is 69.2 Å². The molecule has 1 aliphatic heterocycles. The monoisotopic (exact) mass is 481 g/mol. The van der Waals surface area contributed by atoms with Gasteiger partial charge in [0.25, 0.3) is 0 Å². The van der Waals surface area contributed by atoms with E-state index in [1.54, 1.807) is 0 Å². The van der Waals surface area contributed by atoms with E-state index in [1.165, 1.54) is 11.3 Å². The second kappa shape index (κ2) is 12.2. The minimum Gasteiger partial charge on any atom is -0.494 e. The molecule has 0 amide bonds. The fraction of sp³-hybridized carbons (Fsp3) is 0.778. The van der Waals surface area contributed by atoms with Crippen molar-refractivity contribution >= 4 is 0 Å². The fourth-order valence-electron chi connectivity index (χ4n) is 2.78. The van der Waals surface area contributed by atoms with Gasteiger partial charge in [-0.25, -0.2) is 0 Å². The maximum Gasteiger partial charge on any atom is 0.102 e. The normalized spacial score (nSPS) is 16.9. The molecule has 1 heterocycles. The zero-order chi connectivity index (χ0) is 21.3. The van der Waals surface area contributed by atoms with E-state index in [4.69, 9.17) is 17.9 Å². The van der Waals surface area contributed by atoms with Crippen molar-refractivity contribution in [1.82, 2.24) is 0 Å². The summed E-state index contributed by atoms with van der Waals surface area (Å²) in [4.78, 5) is 0. The number of hydrogen-bond donors (Lipinski definition) is 0. The van der Waals surface area contributed by atoms with Gasteiger partial charge >= 0.3 is 0 Å². The van der Waals surface area contributed by atoms with Crippen LogP contribution in [0.2, 0.25) is 0 Å². The van der Waals surface area contributed by atoms with E-state index in [0.29, 0.717) is 6.10 Å². The molecular weight excluding hydrogens is 429 g/mol. The minimum atomic E-state index is -0.0304. The first-order chi connectivity index (χ1) is 11.2. The molecule has 1 nitrogen and oxygen atoms in total. The molecule has 1 aliphatic rings. The maximum atomic E-state index is 5.94. The summed E-state index contributed by atoms with van der Waals surface area (Å²) in [7, 11) is 0. The van der Waals surface area contributed by atoms with Crippen LogP contribution in [-0.4, -0.2) is 6.10 Å². The molecule has 1 rings (SSSR count). The second-order valence-corrected chi connectivity index (χ2v) is 11.8. The largest absolute Gasteiger partial charge is 0.494 e. The third-order valence-electron chi connectivity index (χ3n) is 4.58. The van der Waals surface area contributed by atoms with Crippen LogP contribution in [0.25, 0.3) is 0 Å². The summed E-state index contributed by atoms with van der Waals surface area (Å²) >= 11 is 0. The van der Waals surface area contributed by atoms with E-state index in [0.717, 1.165) is 17.6 Å². The number of ether oxygens (including phenoxy) is 1. The Bertz CT molecular complexity index is 501. The van der Waals surface area contributed by atoms with Crippen molar-refractivity contribution in [1.29, 1.82) is 0 Å². The van der Waals surface area contributed by atoms with Crippen molar-refractivity contribution in [3.8, 4) is 0 Å². The van der Waals surface area contributed by atoms with Gasteiger partial charge in [0, 0.05) is 44.5 Å². The summed E-state index contributed by atoms with van der Waals surface area (Å²) in [6.07, 6.45) is 1.45. The van der Waals surface area contributed by atoms with Crippen molar-refractivity contribution in [2.45, 2.75) is 117 Å². The number of hydrogen-bond acceptors (Lipinski definition) is 1. The van der Waals surface area contributed by atoms with Crippen LogP contribution >= 0.6 is 0 Å². The Labute approximate surface area is 211 Å². The molecule has 0 spiro atoms. The molecule has 0 saturated carbocycles. The van der Waals surface area contributed by atoms with Crippen LogP contribution < -0.4 is 0 Å². The van der Waals surface area contributed by atoms with Crippen molar-refractivity contribution in [3.63, 3.8) is 0 Å². The number of allylic oxidation sites excluding steroid dienone is 3. The Kier molecular flexibility index (Phi) is 15.4. The molecule has 0 aromatic carbocycles. The van der Waals surface area contributed by atoms with Crippen LogP contribution in [0.3, 0.4) is 0 Å². The van der Waals surface area contributed by atoms with Gasteiger partial charge in [-0.3, -0.25) is 0 Å². The van der Waals surface area contributed by atoms with Gasteiger partial charge < -0.3 is 29.0 Å². The third kappa shape index (κ3) is 11.9. The molecule has 1 radical (unpaired) electrons. The predicted molar refractivity (Wildman–Crippen MR) is 129 cm³/mol. The Morgan fingerprint density at radius 3 is 1.21 bits per heavy atom. The SMILES string of the molecule is C.C.CC1CC(C(C)(C)C)=C(C(C)(C)C)O1.[CH-]=C(C(=[CH-])C(C)(C)C)C(C)(C)C.[Y]. The van der Waals surface area contributed by atoms with E-state index >= 15 is 0 Å². The molecule has 171 valence electrons. The van der Waals surface area contributed by atoms with Gasteiger partial charge in [-0.2, -0.15) is 0 Å². The third-order valence-corrected chi connectivity index (χ3v) is 4.58. The molecule has 29 heavy (non-hydrogen) atoms. The van der Waals surface area contributed by atoms with Gasteiger partial charge in [-0.1, -0.05) is 97.9 Å². The summed E-state index contributed by atoms with van der Waals surface area (Å²) in [5.74, 6) is 1.22. The zero-order valence-electron chi connectivity index (χ0n) is 20.4. The van der Waals surface area contributed by atoms with Crippen molar-refractivity contribution in [2.75, 3.05) is 0 Å². The summed E-state index contributed by atoms with van der Waals surface area (Å²) < 4.78 is 5.94. The van der Waals surface area contributed by atoms with Crippen LogP contribution in [0, 0.1) is 34.8 Å². The smallest absolute Gasteiger partial charge is 0.102 e. The van der Waals surface area contributed by atoms with Crippen LogP contribution in [0.15, 0.2) is 22.5 Å². The van der Waals surface area contributed by atoms with Crippen LogP contribution in [0.1, 0.15) is 111 Å². The quantitative estimate of drug-likeness (QED) is 0.268. The Hall–Kier alpha value is 0.124. The average molecular weight is 482 g/mol. The van der Waals surface area contributed by atoms with Gasteiger partial charge in [0.05, 0.1) is 6.10 Å². The molecule has 0 saturated heterocycles. The molecule has 0 aromatic heterocycles. The first kappa shape index (κ1) is 36.5. The van der Waals surface area contributed by atoms with Crippen LogP contribution in [-0.2, 0) is 37.4 Å². The molecule has 0 fully saturated rings. The Balaban J connectivity index is -0.000000198. The van der Waals surface area contributed by atoms with E-state index in [9.17, 15) is 0 Å². The maximum absolute atomic E-state index is 5.94. The van der Waals surface area contributed by atoms with Crippen molar-refractivity contribution in [3.05, 3.63) is 35.6 Å². The van der Waals surface area contributed by atoms with E-state index in [2.05, 4.69) is 90.0 Å². The summed E-state index contributed by atoms with van der Waals surface area (Å²) in [6.45, 7) is 40.0. The average Bonchev–Trinajstić information content (AvgIpc) is 2.77. The first-order valence-corrected chi connectivity index (χ1v) is 9.86. The minimum absolute atomic E-state index is 0. The van der Waals surface area contributed by atoms with Gasteiger partial charge in [-0.05, 0) is 17.9 Å². The fourth-order valence-corrected chi connectivity index (χ4v) is 2.78. The summed E-state index contributed by atoms with van der Waals surface area (Å²) in [5, 5.41) is 0. The second-order valence-electron chi connectivity index (χ2n) is 11.8. The van der Waals surface area contributed by atoms with Crippen LogP contribution in [0.4, 0.5) is 0 Å². The molecule has 1 atom stereocenters. The summed E-state index contributed by atoms with van der Waals surface area (Å²) in [5.41, 5.74) is 3.43.